The van der Waals surface area contributed by atoms with Crippen LogP contribution in [0, 0.1) is 0 Å². The summed E-state index contributed by atoms with van der Waals surface area (Å²) in [6, 6.07) is 1.03. The van der Waals surface area contributed by atoms with Gasteiger partial charge in [0.1, 0.15) is 0 Å². The van der Waals surface area contributed by atoms with Crippen LogP contribution in [0.4, 0.5) is 0 Å². The number of nitrogens with zero attached hydrogens (tertiary/aromatic N) is 2. The number of hydrogen-bond donors (Lipinski definition) is 1. The maximum atomic E-state index is 12.7. The third kappa shape index (κ3) is 3.18. The van der Waals surface area contributed by atoms with E-state index in [2.05, 4.69) is 10.2 Å². The highest BCUT2D eigenvalue weighted by atomic mass is 32.2. The molecule has 116 valence electrons. The predicted molar refractivity (Wildman–Crippen MR) is 80.2 cm³/mol. The van der Waals surface area contributed by atoms with E-state index in [1.807, 2.05) is 6.92 Å². The molecule has 20 heavy (non-hydrogen) atoms. The van der Waals surface area contributed by atoms with Crippen LogP contribution in [0.25, 0.3) is 0 Å². The van der Waals surface area contributed by atoms with Gasteiger partial charge in [0, 0.05) is 38.3 Å². The van der Waals surface area contributed by atoms with E-state index in [1.54, 1.807) is 4.31 Å². The smallest absolute Gasteiger partial charge is 0.218 e. The van der Waals surface area contributed by atoms with E-state index in [0.29, 0.717) is 31.7 Å². The lowest BCUT2D eigenvalue weighted by molar-refractivity contribution is 0.0848. The maximum Gasteiger partial charge on any atom is 0.218 e. The summed E-state index contributed by atoms with van der Waals surface area (Å²) in [5, 5.41) is 3.03. The van der Waals surface area contributed by atoms with Crippen molar-refractivity contribution < 1.29 is 8.42 Å². The lowest BCUT2D eigenvalue weighted by Gasteiger charge is -2.44. The van der Waals surface area contributed by atoms with Crippen molar-refractivity contribution in [2.75, 3.05) is 32.7 Å². The van der Waals surface area contributed by atoms with Gasteiger partial charge < -0.3 is 5.32 Å². The van der Waals surface area contributed by atoms with Gasteiger partial charge in [-0.1, -0.05) is 6.42 Å². The Hall–Kier alpha value is -0.170. The summed E-state index contributed by atoms with van der Waals surface area (Å²) in [5.74, 6) is 0. The number of sulfonamides is 1. The second kappa shape index (κ2) is 5.91. The fraction of sp³-hybridized carbons (Fsp3) is 1.00. The van der Waals surface area contributed by atoms with Crippen LogP contribution in [0.3, 0.4) is 0 Å². The number of fused-ring (bicyclic) bond motifs is 1. The molecule has 3 rings (SSSR count). The molecule has 2 saturated heterocycles. The molecule has 0 spiro atoms. The van der Waals surface area contributed by atoms with Gasteiger partial charge in [0.15, 0.2) is 0 Å². The summed E-state index contributed by atoms with van der Waals surface area (Å²) < 4.78 is 27.1. The van der Waals surface area contributed by atoms with Gasteiger partial charge in [0.2, 0.25) is 10.0 Å². The summed E-state index contributed by atoms with van der Waals surface area (Å²) in [6.07, 6.45) is 6.07. The van der Waals surface area contributed by atoms with Crippen molar-refractivity contribution in [2.24, 2.45) is 0 Å². The van der Waals surface area contributed by atoms with Crippen molar-refractivity contribution in [3.05, 3.63) is 0 Å². The third-order valence-corrected chi connectivity index (χ3v) is 7.17. The molecular weight excluding hydrogens is 274 g/mol. The number of piperidine rings is 1. The van der Waals surface area contributed by atoms with E-state index in [9.17, 15) is 8.42 Å². The van der Waals surface area contributed by atoms with E-state index in [-0.39, 0.29) is 5.25 Å². The Labute approximate surface area is 122 Å². The van der Waals surface area contributed by atoms with Gasteiger partial charge in [0.05, 0.1) is 5.25 Å². The fourth-order valence-electron chi connectivity index (χ4n) is 3.34. The number of piperazine rings is 1. The molecule has 2 unspecified atom stereocenters. The Balaban J connectivity index is 1.58. The first-order valence-electron chi connectivity index (χ1n) is 8.04. The zero-order chi connectivity index (χ0) is 14.2. The minimum Gasteiger partial charge on any atom is -0.313 e. The average molecular weight is 301 g/mol. The van der Waals surface area contributed by atoms with Crippen molar-refractivity contribution >= 4 is 10.0 Å². The Morgan fingerprint density at radius 1 is 1.15 bits per heavy atom. The van der Waals surface area contributed by atoms with Crippen LogP contribution in [-0.4, -0.2) is 67.7 Å². The van der Waals surface area contributed by atoms with Gasteiger partial charge in [-0.3, -0.25) is 4.90 Å². The first-order valence-corrected chi connectivity index (χ1v) is 9.54. The molecular formula is C14H27N3O2S. The van der Waals surface area contributed by atoms with E-state index >= 15 is 0 Å². The highest BCUT2D eigenvalue weighted by Crippen LogP contribution is 2.24. The van der Waals surface area contributed by atoms with Gasteiger partial charge >= 0.3 is 0 Å². The highest BCUT2D eigenvalue weighted by molar-refractivity contribution is 7.89. The van der Waals surface area contributed by atoms with Gasteiger partial charge in [-0.2, -0.15) is 4.31 Å². The van der Waals surface area contributed by atoms with Crippen LogP contribution >= 0.6 is 0 Å². The zero-order valence-corrected chi connectivity index (χ0v) is 13.2. The lowest BCUT2D eigenvalue weighted by atomic mass is 10.0. The summed E-state index contributed by atoms with van der Waals surface area (Å²) in [4.78, 5) is 2.47. The molecule has 1 saturated carbocycles. The number of rotatable bonds is 5. The average Bonchev–Trinajstić information content (AvgIpc) is 3.28. The van der Waals surface area contributed by atoms with Crippen molar-refractivity contribution in [2.45, 2.75) is 56.4 Å². The molecule has 0 bridgehead atoms. The molecule has 2 atom stereocenters. The second-order valence-electron chi connectivity index (χ2n) is 6.58. The minimum atomic E-state index is -3.14. The largest absolute Gasteiger partial charge is 0.313 e. The molecule has 5 nitrogen and oxygen atoms in total. The summed E-state index contributed by atoms with van der Waals surface area (Å²) in [5.41, 5.74) is 0. The molecule has 6 heteroatoms. The Bertz CT molecular complexity index is 436. The van der Waals surface area contributed by atoms with Gasteiger partial charge in [0.25, 0.3) is 0 Å². The number of hydrogen-bond acceptors (Lipinski definition) is 4. The molecule has 2 heterocycles. The normalized spacial score (nSPS) is 30.9. The van der Waals surface area contributed by atoms with Crippen molar-refractivity contribution in [1.29, 1.82) is 0 Å². The molecule has 0 aromatic rings. The third-order valence-electron chi connectivity index (χ3n) is 4.94. The second-order valence-corrected chi connectivity index (χ2v) is 8.93. The van der Waals surface area contributed by atoms with Gasteiger partial charge in [-0.15, -0.1) is 0 Å². The summed E-state index contributed by atoms with van der Waals surface area (Å²) in [7, 11) is -3.14. The van der Waals surface area contributed by atoms with Gasteiger partial charge in [-0.25, -0.2) is 8.42 Å². The van der Waals surface area contributed by atoms with Crippen LogP contribution in [0.1, 0.15) is 39.0 Å². The lowest BCUT2D eigenvalue weighted by Crippen LogP contribution is -2.57. The van der Waals surface area contributed by atoms with Crippen molar-refractivity contribution in [3.63, 3.8) is 0 Å². The molecule has 3 fully saturated rings. The molecule has 3 aliphatic rings. The first kappa shape index (κ1) is 14.8. The van der Waals surface area contributed by atoms with E-state index < -0.39 is 10.0 Å². The highest BCUT2D eigenvalue weighted by Gasteiger charge is 2.37. The predicted octanol–water partition coefficient (Wildman–Crippen LogP) is 0.627. The standard InChI is InChI=1S/C14H27N3O2S/c1-12(10-15-13-5-6-13)20(18,19)17-9-8-16-7-3-2-4-14(16)11-17/h12-15H,2-11H2,1H3. The van der Waals surface area contributed by atoms with Crippen molar-refractivity contribution in [3.8, 4) is 0 Å². The van der Waals surface area contributed by atoms with Crippen LogP contribution in [0.15, 0.2) is 0 Å². The summed E-state index contributed by atoms with van der Waals surface area (Å²) in [6.45, 7) is 5.88. The van der Waals surface area contributed by atoms with Crippen LogP contribution < -0.4 is 5.32 Å². The Morgan fingerprint density at radius 3 is 2.70 bits per heavy atom. The quantitative estimate of drug-likeness (QED) is 0.809. The molecule has 2 aliphatic heterocycles. The van der Waals surface area contributed by atoms with E-state index in [1.165, 1.54) is 25.7 Å². The monoisotopic (exact) mass is 301 g/mol. The topological polar surface area (TPSA) is 52.7 Å². The van der Waals surface area contributed by atoms with Crippen LogP contribution in [-0.2, 0) is 10.0 Å². The van der Waals surface area contributed by atoms with E-state index in [4.69, 9.17) is 0 Å². The molecule has 0 amide bonds. The molecule has 1 aliphatic carbocycles. The fourth-order valence-corrected chi connectivity index (χ4v) is 4.87. The van der Waals surface area contributed by atoms with Gasteiger partial charge in [-0.05, 0) is 39.2 Å². The van der Waals surface area contributed by atoms with Crippen molar-refractivity contribution in [1.82, 2.24) is 14.5 Å². The minimum absolute atomic E-state index is 0.307. The molecule has 1 N–H and O–H groups in total. The molecule has 0 radical (unpaired) electrons. The Kier molecular flexibility index (Phi) is 4.36. The van der Waals surface area contributed by atoms with Crippen LogP contribution in [0.2, 0.25) is 0 Å². The van der Waals surface area contributed by atoms with Crippen LogP contribution in [0.5, 0.6) is 0 Å². The SMILES string of the molecule is CC(CNC1CC1)S(=O)(=O)N1CCN2CCCCC2C1. The summed E-state index contributed by atoms with van der Waals surface area (Å²) >= 11 is 0. The van der Waals surface area contributed by atoms with E-state index in [0.717, 1.165) is 19.5 Å². The molecule has 0 aromatic carbocycles. The maximum absolute atomic E-state index is 12.7. The zero-order valence-electron chi connectivity index (χ0n) is 12.4. The molecule has 0 aromatic heterocycles. The Morgan fingerprint density at radius 2 is 1.95 bits per heavy atom. The first-order chi connectivity index (χ1) is 9.57. The number of nitrogens with one attached hydrogen (secondary N) is 1.